The van der Waals surface area contributed by atoms with Crippen LogP contribution in [0.3, 0.4) is 0 Å². The second-order valence-electron chi connectivity index (χ2n) is 3.58. The molecule has 2 aromatic heterocycles. The van der Waals surface area contributed by atoms with Crippen molar-refractivity contribution in [1.82, 2.24) is 14.8 Å². The van der Waals surface area contributed by atoms with Crippen molar-refractivity contribution in [2.24, 2.45) is 0 Å². The second-order valence-corrected chi connectivity index (χ2v) is 4.34. The molecule has 2 rings (SSSR count). The molecule has 2 aromatic rings. The molecule has 7 heteroatoms. The lowest BCUT2D eigenvalue weighted by Gasteiger charge is -2.04. The van der Waals surface area contributed by atoms with Gasteiger partial charge in [0.05, 0.1) is 11.4 Å². The molecule has 0 aliphatic rings. The first kappa shape index (κ1) is 12.6. The number of hydrogen-bond acceptors (Lipinski definition) is 4. The molecule has 94 valence electrons. The number of hydrogen-bond donors (Lipinski definition) is 2. The smallest absolute Gasteiger partial charge is 0.278 e. The average molecular weight is 310 g/mol. The van der Waals surface area contributed by atoms with Gasteiger partial charge in [0.25, 0.3) is 5.91 Å². The van der Waals surface area contributed by atoms with Crippen LogP contribution in [0.5, 0.6) is 0 Å². The Labute approximate surface area is 112 Å². The highest BCUT2D eigenvalue weighted by Gasteiger charge is 2.15. The summed E-state index contributed by atoms with van der Waals surface area (Å²) in [5.74, 6) is -0.353. The summed E-state index contributed by atoms with van der Waals surface area (Å²) in [7, 11) is 0. The number of nitrogens with zero attached hydrogens (tertiary/aromatic N) is 3. The zero-order valence-corrected chi connectivity index (χ0v) is 11.3. The number of halogens is 1. The van der Waals surface area contributed by atoms with E-state index in [0.717, 1.165) is 0 Å². The number of anilines is 2. The average Bonchev–Trinajstić information content (AvgIpc) is 2.73. The van der Waals surface area contributed by atoms with E-state index in [4.69, 9.17) is 5.73 Å². The number of nitrogens with one attached hydrogen (secondary N) is 1. The van der Waals surface area contributed by atoms with Gasteiger partial charge in [0.15, 0.2) is 5.69 Å². The van der Waals surface area contributed by atoms with E-state index in [1.165, 1.54) is 0 Å². The van der Waals surface area contributed by atoms with E-state index in [1.54, 1.807) is 29.2 Å². The summed E-state index contributed by atoms with van der Waals surface area (Å²) in [5, 5.41) is 6.80. The minimum atomic E-state index is -0.353. The molecule has 0 aliphatic heterocycles. The molecule has 0 aliphatic carbocycles. The summed E-state index contributed by atoms with van der Waals surface area (Å²) in [6.07, 6.45) is 3.26. The number of carbonyl (C=O) groups is 1. The van der Waals surface area contributed by atoms with Crippen LogP contribution < -0.4 is 11.1 Å². The lowest BCUT2D eigenvalue weighted by atomic mass is 10.3. The maximum absolute atomic E-state index is 12.0. The van der Waals surface area contributed by atoms with Crippen molar-refractivity contribution in [1.29, 1.82) is 0 Å². The molecule has 0 saturated heterocycles. The van der Waals surface area contributed by atoms with Crippen molar-refractivity contribution in [2.75, 3.05) is 11.1 Å². The van der Waals surface area contributed by atoms with E-state index in [-0.39, 0.29) is 11.6 Å². The fraction of sp³-hybridized carbons (Fsp3) is 0.182. The molecule has 2 heterocycles. The van der Waals surface area contributed by atoms with Gasteiger partial charge in [-0.3, -0.25) is 9.48 Å². The highest BCUT2D eigenvalue weighted by Crippen LogP contribution is 2.20. The molecule has 0 spiro atoms. The summed E-state index contributed by atoms with van der Waals surface area (Å²) in [4.78, 5) is 16.0. The Bertz CT molecular complexity index is 581. The number of pyridine rings is 1. The first-order valence-corrected chi connectivity index (χ1v) is 6.16. The third kappa shape index (κ3) is 2.51. The maximum Gasteiger partial charge on any atom is 0.278 e. The van der Waals surface area contributed by atoms with Gasteiger partial charge < -0.3 is 11.1 Å². The lowest BCUT2D eigenvalue weighted by molar-refractivity contribution is 0.102. The molecule has 0 atom stereocenters. The van der Waals surface area contributed by atoms with Gasteiger partial charge in [0.2, 0.25) is 0 Å². The molecule has 18 heavy (non-hydrogen) atoms. The van der Waals surface area contributed by atoms with Crippen LogP contribution in [0.25, 0.3) is 0 Å². The van der Waals surface area contributed by atoms with Crippen LogP contribution in [0.1, 0.15) is 17.4 Å². The predicted octanol–water partition coefficient (Wildman–Crippen LogP) is 1.90. The van der Waals surface area contributed by atoms with Crippen LogP contribution in [0.4, 0.5) is 11.4 Å². The van der Waals surface area contributed by atoms with Gasteiger partial charge in [-0.2, -0.15) is 5.10 Å². The van der Waals surface area contributed by atoms with Gasteiger partial charge in [-0.15, -0.1) is 0 Å². The van der Waals surface area contributed by atoms with Gasteiger partial charge in [-0.05, 0) is 35.0 Å². The number of aryl methyl sites for hydroxylation is 1. The molecular weight excluding hydrogens is 298 g/mol. The Kier molecular flexibility index (Phi) is 3.61. The molecule has 0 fully saturated rings. The third-order valence-electron chi connectivity index (χ3n) is 2.34. The second kappa shape index (κ2) is 5.18. The summed E-state index contributed by atoms with van der Waals surface area (Å²) < 4.78 is 2.18. The fourth-order valence-corrected chi connectivity index (χ4v) is 1.79. The van der Waals surface area contributed by atoms with Crippen LogP contribution in [0.2, 0.25) is 0 Å². The summed E-state index contributed by atoms with van der Waals surface area (Å²) in [5.41, 5.74) is 6.89. The molecule has 3 N–H and O–H groups in total. The Balaban J connectivity index is 2.22. The minimum absolute atomic E-state index is 0.215. The van der Waals surface area contributed by atoms with E-state index in [2.05, 4.69) is 31.3 Å². The number of aromatic nitrogens is 3. The Morgan fingerprint density at radius 1 is 1.61 bits per heavy atom. The number of nitrogen functional groups attached to an aromatic ring is 1. The van der Waals surface area contributed by atoms with Gasteiger partial charge in [0.1, 0.15) is 4.60 Å². The van der Waals surface area contributed by atoms with E-state index < -0.39 is 0 Å². The van der Waals surface area contributed by atoms with Gasteiger partial charge in [-0.25, -0.2) is 4.98 Å². The van der Waals surface area contributed by atoms with Gasteiger partial charge >= 0.3 is 0 Å². The molecule has 0 unspecified atom stereocenters. The van der Waals surface area contributed by atoms with Crippen LogP contribution in [-0.4, -0.2) is 20.7 Å². The number of rotatable bonds is 3. The molecule has 1 amide bonds. The molecule has 0 bridgehead atoms. The fourth-order valence-electron chi connectivity index (χ4n) is 1.44. The van der Waals surface area contributed by atoms with Crippen molar-refractivity contribution in [2.45, 2.75) is 13.5 Å². The quantitative estimate of drug-likeness (QED) is 0.848. The van der Waals surface area contributed by atoms with E-state index in [1.807, 2.05) is 6.92 Å². The molecular formula is C11H12BrN5O. The normalized spacial score (nSPS) is 10.3. The Morgan fingerprint density at radius 2 is 2.39 bits per heavy atom. The number of amides is 1. The van der Waals surface area contributed by atoms with Crippen molar-refractivity contribution >= 4 is 33.2 Å². The van der Waals surface area contributed by atoms with E-state index in [0.29, 0.717) is 22.5 Å². The summed E-state index contributed by atoms with van der Waals surface area (Å²) >= 11 is 3.25. The predicted molar refractivity (Wildman–Crippen MR) is 72.2 cm³/mol. The third-order valence-corrected chi connectivity index (χ3v) is 2.97. The maximum atomic E-state index is 12.0. The van der Waals surface area contributed by atoms with Crippen molar-refractivity contribution in [3.05, 3.63) is 34.8 Å². The van der Waals surface area contributed by atoms with Gasteiger partial charge in [0, 0.05) is 18.9 Å². The lowest BCUT2D eigenvalue weighted by Crippen LogP contribution is -2.15. The van der Waals surface area contributed by atoms with Crippen molar-refractivity contribution in [3.63, 3.8) is 0 Å². The Morgan fingerprint density at radius 3 is 3.00 bits per heavy atom. The zero-order chi connectivity index (χ0) is 13.1. The molecule has 0 aromatic carbocycles. The first-order chi connectivity index (χ1) is 8.61. The van der Waals surface area contributed by atoms with E-state index in [9.17, 15) is 4.79 Å². The van der Waals surface area contributed by atoms with Crippen LogP contribution in [0, 0.1) is 0 Å². The van der Waals surface area contributed by atoms with E-state index >= 15 is 0 Å². The summed E-state index contributed by atoms with van der Waals surface area (Å²) in [6.45, 7) is 2.58. The standard InChI is InChI=1S/C11H12BrN5O/c1-2-17-6-7(13)9(16-17)11(18)15-8-4-3-5-14-10(8)12/h3-6H,2,13H2,1H3,(H,15,18). The highest BCUT2D eigenvalue weighted by atomic mass is 79.9. The van der Waals surface area contributed by atoms with Crippen molar-refractivity contribution < 1.29 is 4.79 Å². The minimum Gasteiger partial charge on any atom is -0.396 e. The number of nitrogens with two attached hydrogens (primary N) is 1. The Hall–Kier alpha value is -1.89. The molecule has 6 nitrogen and oxygen atoms in total. The van der Waals surface area contributed by atoms with Crippen molar-refractivity contribution in [3.8, 4) is 0 Å². The topological polar surface area (TPSA) is 85.8 Å². The molecule has 0 saturated carbocycles. The molecule has 0 radical (unpaired) electrons. The van der Waals surface area contributed by atoms with Crippen LogP contribution in [-0.2, 0) is 6.54 Å². The number of carbonyl (C=O) groups excluding carboxylic acids is 1. The zero-order valence-electron chi connectivity index (χ0n) is 9.72. The highest BCUT2D eigenvalue weighted by molar-refractivity contribution is 9.10. The van der Waals surface area contributed by atoms with Crippen LogP contribution >= 0.6 is 15.9 Å². The first-order valence-electron chi connectivity index (χ1n) is 5.36. The monoisotopic (exact) mass is 309 g/mol. The SMILES string of the molecule is CCn1cc(N)c(C(=O)Nc2cccnc2Br)n1. The largest absolute Gasteiger partial charge is 0.396 e. The van der Waals surface area contributed by atoms with Gasteiger partial charge in [-0.1, -0.05) is 0 Å². The summed E-state index contributed by atoms with van der Waals surface area (Å²) in [6, 6.07) is 3.47. The van der Waals surface area contributed by atoms with Crippen LogP contribution in [0.15, 0.2) is 29.1 Å².